The molecular weight excluding hydrogens is 140 g/mol. The summed E-state index contributed by atoms with van der Waals surface area (Å²) in [4.78, 5) is 0. The number of nitrogens with zero attached hydrogens (tertiary/aromatic N) is 2. The van der Waals surface area contributed by atoms with Gasteiger partial charge < -0.3 is 10.1 Å². The molecule has 0 spiro atoms. The van der Waals surface area contributed by atoms with Crippen LogP contribution in [0.2, 0.25) is 0 Å². The van der Waals surface area contributed by atoms with Gasteiger partial charge in [0, 0.05) is 14.1 Å². The van der Waals surface area contributed by atoms with Crippen LogP contribution in [0, 0.1) is 5.41 Å². The summed E-state index contributed by atoms with van der Waals surface area (Å²) in [6.07, 6.45) is 1.07. The molecule has 11 heavy (non-hydrogen) atoms. The third-order valence-corrected chi connectivity index (χ3v) is 1.33. The number of hydrazone groups is 1. The number of aliphatic hydroxyl groups excluding tert-OH is 1. The fraction of sp³-hybridized carbons (Fsp3) is 0.875. The van der Waals surface area contributed by atoms with Crippen molar-refractivity contribution in [3.8, 4) is 0 Å². The number of aliphatic hydroxyl groups is 1. The van der Waals surface area contributed by atoms with Crippen molar-refractivity contribution in [2.24, 2.45) is 10.5 Å². The molecule has 0 aliphatic carbocycles. The first-order valence-electron chi connectivity index (χ1n) is 3.73. The van der Waals surface area contributed by atoms with E-state index in [1.54, 1.807) is 11.2 Å². The molecule has 66 valence electrons. The lowest BCUT2D eigenvalue weighted by atomic mass is 9.90. The van der Waals surface area contributed by atoms with E-state index >= 15 is 0 Å². The zero-order chi connectivity index (χ0) is 9.07. The Morgan fingerprint density at radius 3 is 2.09 bits per heavy atom. The van der Waals surface area contributed by atoms with Crippen molar-refractivity contribution in [3.05, 3.63) is 0 Å². The van der Waals surface area contributed by atoms with E-state index in [4.69, 9.17) is 0 Å². The topological polar surface area (TPSA) is 35.8 Å². The third kappa shape index (κ3) is 4.79. The zero-order valence-electron chi connectivity index (χ0n) is 8.00. The maximum Gasteiger partial charge on any atom is 0.0956 e. The van der Waals surface area contributed by atoms with Gasteiger partial charge in [-0.05, 0) is 5.41 Å². The molecule has 0 amide bonds. The van der Waals surface area contributed by atoms with Crippen LogP contribution in [0.5, 0.6) is 0 Å². The summed E-state index contributed by atoms with van der Waals surface area (Å²) < 4.78 is 0. The van der Waals surface area contributed by atoms with Gasteiger partial charge in [0.2, 0.25) is 0 Å². The van der Waals surface area contributed by atoms with E-state index in [9.17, 15) is 5.11 Å². The molecule has 0 aromatic rings. The van der Waals surface area contributed by atoms with Gasteiger partial charge in [0.05, 0.1) is 12.3 Å². The number of hydrogen-bond acceptors (Lipinski definition) is 3. The smallest absolute Gasteiger partial charge is 0.0956 e. The lowest BCUT2D eigenvalue weighted by Gasteiger charge is -2.22. The molecule has 0 fully saturated rings. The summed E-state index contributed by atoms with van der Waals surface area (Å²) >= 11 is 0. The van der Waals surface area contributed by atoms with E-state index in [1.165, 1.54) is 0 Å². The Morgan fingerprint density at radius 1 is 1.36 bits per heavy atom. The Kier molecular flexibility index (Phi) is 3.52. The molecule has 3 nitrogen and oxygen atoms in total. The highest BCUT2D eigenvalue weighted by Crippen LogP contribution is 2.17. The second kappa shape index (κ2) is 3.72. The Morgan fingerprint density at radius 2 is 1.82 bits per heavy atom. The van der Waals surface area contributed by atoms with Crippen molar-refractivity contribution in [1.29, 1.82) is 0 Å². The average Bonchev–Trinajstić information content (AvgIpc) is 1.80. The molecule has 0 bridgehead atoms. The lowest BCUT2D eigenvalue weighted by molar-refractivity contribution is 0.125. The molecule has 0 aromatic carbocycles. The Hall–Kier alpha value is -0.570. The summed E-state index contributed by atoms with van der Waals surface area (Å²) in [5, 5.41) is 15.1. The van der Waals surface area contributed by atoms with E-state index in [2.05, 4.69) is 5.10 Å². The molecule has 0 saturated heterocycles. The molecule has 3 heteroatoms. The number of hydrogen-bond donors (Lipinski definition) is 1. The average molecular weight is 158 g/mol. The summed E-state index contributed by atoms with van der Waals surface area (Å²) in [5.41, 5.74) is -0.125. The largest absolute Gasteiger partial charge is 0.387 e. The molecule has 0 aromatic heterocycles. The van der Waals surface area contributed by atoms with Crippen LogP contribution in [-0.2, 0) is 0 Å². The van der Waals surface area contributed by atoms with Gasteiger partial charge in [-0.1, -0.05) is 20.8 Å². The van der Waals surface area contributed by atoms with Crippen LogP contribution in [0.3, 0.4) is 0 Å². The molecule has 0 heterocycles. The summed E-state index contributed by atoms with van der Waals surface area (Å²) in [5.74, 6) is 0. The van der Waals surface area contributed by atoms with Gasteiger partial charge in [-0.15, -0.1) is 0 Å². The van der Waals surface area contributed by atoms with Gasteiger partial charge in [-0.2, -0.15) is 5.10 Å². The van der Waals surface area contributed by atoms with Crippen molar-refractivity contribution in [2.75, 3.05) is 14.1 Å². The first-order valence-corrected chi connectivity index (χ1v) is 3.73. The van der Waals surface area contributed by atoms with Crippen LogP contribution in [0.4, 0.5) is 0 Å². The van der Waals surface area contributed by atoms with Crippen LogP contribution in [0.15, 0.2) is 5.10 Å². The fourth-order valence-electron chi connectivity index (χ4n) is 0.420. The standard InChI is InChI=1S/C8H18N2O/c1-8(2,3)7(11)6-9-10(4)5/h6-7,11H,1-5H3/b9-6+/t7-/m0/s1. The third-order valence-electron chi connectivity index (χ3n) is 1.33. The van der Waals surface area contributed by atoms with Gasteiger partial charge in [0.25, 0.3) is 0 Å². The first kappa shape index (κ1) is 10.4. The minimum Gasteiger partial charge on any atom is -0.387 e. The maximum absolute atomic E-state index is 9.46. The van der Waals surface area contributed by atoms with Gasteiger partial charge >= 0.3 is 0 Å². The van der Waals surface area contributed by atoms with Gasteiger partial charge in [-0.3, -0.25) is 0 Å². The van der Waals surface area contributed by atoms with E-state index in [0.717, 1.165) is 0 Å². The Bertz CT molecular complexity index is 136. The molecule has 0 aliphatic heterocycles. The van der Waals surface area contributed by atoms with Crippen molar-refractivity contribution >= 4 is 6.21 Å². The van der Waals surface area contributed by atoms with Crippen molar-refractivity contribution in [1.82, 2.24) is 5.01 Å². The van der Waals surface area contributed by atoms with E-state index < -0.39 is 6.10 Å². The van der Waals surface area contributed by atoms with Gasteiger partial charge in [0.1, 0.15) is 0 Å². The summed E-state index contributed by atoms with van der Waals surface area (Å²) in [6, 6.07) is 0. The molecule has 0 radical (unpaired) electrons. The number of rotatable bonds is 2. The first-order chi connectivity index (χ1) is 4.84. The van der Waals surface area contributed by atoms with E-state index in [-0.39, 0.29) is 5.41 Å². The van der Waals surface area contributed by atoms with Crippen molar-refractivity contribution in [3.63, 3.8) is 0 Å². The van der Waals surface area contributed by atoms with Gasteiger partial charge in [-0.25, -0.2) is 0 Å². The van der Waals surface area contributed by atoms with Crippen LogP contribution in [0.1, 0.15) is 20.8 Å². The van der Waals surface area contributed by atoms with Crippen LogP contribution in [0.25, 0.3) is 0 Å². The minimum absolute atomic E-state index is 0.125. The second-order valence-corrected chi connectivity index (χ2v) is 3.92. The second-order valence-electron chi connectivity index (χ2n) is 3.92. The van der Waals surface area contributed by atoms with Crippen LogP contribution < -0.4 is 0 Å². The SMILES string of the molecule is CN(C)/N=C/[C@H](O)C(C)(C)C. The highest BCUT2D eigenvalue weighted by molar-refractivity contribution is 5.63. The molecule has 0 aliphatic rings. The molecule has 1 atom stereocenters. The van der Waals surface area contributed by atoms with E-state index in [0.29, 0.717) is 0 Å². The predicted molar refractivity (Wildman–Crippen MR) is 47.6 cm³/mol. The normalized spacial score (nSPS) is 15.5. The lowest BCUT2D eigenvalue weighted by Crippen LogP contribution is -2.28. The zero-order valence-corrected chi connectivity index (χ0v) is 8.00. The fourth-order valence-corrected chi connectivity index (χ4v) is 0.420. The molecule has 0 unspecified atom stereocenters. The molecular formula is C8H18N2O. The van der Waals surface area contributed by atoms with Crippen molar-refractivity contribution < 1.29 is 5.11 Å². The molecule has 1 N–H and O–H groups in total. The van der Waals surface area contributed by atoms with E-state index in [1.807, 2.05) is 34.9 Å². The molecule has 0 rings (SSSR count). The molecule has 0 saturated carbocycles. The van der Waals surface area contributed by atoms with Crippen molar-refractivity contribution in [2.45, 2.75) is 26.9 Å². The van der Waals surface area contributed by atoms with Gasteiger partial charge in [0.15, 0.2) is 0 Å². The minimum atomic E-state index is -0.482. The Labute approximate surface area is 68.7 Å². The van der Waals surface area contributed by atoms with Crippen LogP contribution in [-0.4, -0.2) is 36.5 Å². The quantitative estimate of drug-likeness (QED) is 0.479. The Balaban J connectivity index is 3.97. The van der Waals surface area contributed by atoms with Crippen LogP contribution >= 0.6 is 0 Å². The summed E-state index contributed by atoms with van der Waals surface area (Å²) in [6.45, 7) is 5.91. The maximum atomic E-state index is 9.46. The monoisotopic (exact) mass is 158 g/mol. The summed E-state index contributed by atoms with van der Waals surface area (Å²) in [7, 11) is 3.65. The predicted octanol–water partition coefficient (Wildman–Crippen LogP) is 0.941. The highest BCUT2D eigenvalue weighted by atomic mass is 16.3. The highest BCUT2D eigenvalue weighted by Gasteiger charge is 2.19.